The highest BCUT2D eigenvalue weighted by atomic mass is 15.4. The van der Waals surface area contributed by atoms with Crippen LogP contribution in [0.3, 0.4) is 0 Å². The molecule has 2 aliphatic rings. The number of H-pyrrole nitrogens is 1. The Morgan fingerprint density at radius 2 is 2.33 bits per heavy atom. The molecule has 1 aromatic heterocycles. The summed E-state index contributed by atoms with van der Waals surface area (Å²) in [6.45, 7) is 7.72. The molecule has 0 aromatic carbocycles. The van der Waals surface area contributed by atoms with Crippen LogP contribution in [0, 0.1) is 5.92 Å². The van der Waals surface area contributed by atoms with Crippen molar-refractivity contribution in [2.24, 2.45) is 5.92 Å². The van der Waals surface area contributed by atoms with Crippen LogP contribution in [0.4, 0.5) is 5.95 Å². The molecule has 2 saturated heterocycles. The minimum Gasteiger partial charge on any atom is -0.335 e. The molecule has 3 heterocycles. The number of aromatic nitrogens is 3. The molecular weight excluding hydrogens is 226 g/mol. The second kappa shape index (κ2) is 4.88. The predicted octanol–water partition coefficient (Wildman–Crippen LogP) is 1.51. The van der Waals surface area contributed by atoms with E-state index >= 15 is 0 Å². The number of hydrogen-bond acceptors (Lipinski definition) is 4. The lowest BCUT2D eigenvalue weighted by atomic mass is 9.92. The van der Waals surface area contributed by atoms with Gasteiger partial charge >= 0.3 is 0 Å². The van der Waals surface area contributed by atoms with Crippen LogP contribution in [0.25, 0.3) is 0 Å². The van der Waals surface area contributed by atoms with Gasteiger partial charge in [-0.1, -0.05) is 13.8 Å². The van der Waals surface area contributed by atoms with Gasteiger partial charge in [-0.15, -0.1) is 5.10 Å². The third-order valence-electron chi connectivity index (χ3n) is 4.51. The van der Waals surface area contributed by atoms with E-state index in [0.29, 0.717) is 12.0 Å². The molecule has 18 heavy (non-hydrogen) atoms. The number of aromatic amines is 1. The Labute approximate surface area is 108 Å². The SMILES string of the molecule is CCC(C)c1nc(N2CCCC3CNCC32)n[nH]1. The molecule has 100 valence electrons. The third kappa shape index (κ3) is 2.00. The number of anilines is 1. The molecule has 5 heteroatoms. The summed E-state index contributed by atoms with van der Waals surface area (Å²) in [4.78, 5) is 7.10. The Morgan fingerprint density at radius 1 is 1.44 bits per heavy atom. The number of nitrogens with zero attached hydrogens (tertiary/aromatic N) is 3. The number of hydrogen-bond donors (Lipinski definition) is 2. The van der Waals surface area contributed by atoms with E-state index in [0.717, 1.165) is 43.7 Å². The van der Waals surface area contributed by atoms with Gasteiger partial charge in [0.05, 0.1) is 0 Å². The molecule has 0 radical (unpaired) electrons. The quantitative estimate of drug-likeness (QED) is 0.852. The highest BCUT2D eigenvalue weighted by Gasteiger charge is 2.36. The number of rotatable bonds is 3. The molecule has 5 nitrogen and oxygen atoms in total. The van der Waals surface area contributed by atoms with E-state index in [2.05, 4.69) is 34.3 Å². The normalized spacial score (nSPS) is 29.3. The maximum atomic E-state index is 4.70. The monoisotopic (exact) mass is 249 g/mol. The maximum Gasteiger partial charge on any atom is 0.245 e. The van der Waals surface area contributed by atoms with Gasteiger partial charge in [0.2, 0.25) is 5.95 Å². The zero-order valence-electron chi connectivity index (χ0n) is 11.3. The molecule has 3 atom stereocenters. The molecule has 0 saturated carbocycles. The maximum absolute atomic E-state index is 4.70. The van der Waals surface area contributed by atoms with E-state index in [1.165, 1.54) is 12.8 Å². The van der Waals surface area contributed by atoms with Crippen molar-refractivity contribution in [2.45, 2.75) is 45.1 Å². The topological polar surface area (TPSA) is 56.8 Å². The summed E-state index contributed by atoms with van der Waals surface area (Å²) in [7, 11) is 0. The van der Waals surface area contributed by atoms with Crippen LogP contribution in [0.15, 0.2) is 0 Å². The van der Waals surface area contributed by atoms with Crippen molar-refractivity contribution >= 4 is 5.95 Å². The minimum atomic E-state index is 0.466. The highest BCUT2D eigenvalue weighted by Crippen LogP contribution is 2.29. The Bertz CT molecular complexity index is 402. The molecule has 0 amide bonds. The van der Waals surface area contributed by atoms with E-state index in [-0.39, 0.29) is 0 Å². The van der Waals surface area contributed by atoms with E-state index in [4.69, 9.17) is 4.98 Å². The molecule has 3 unspecified atom stereocenters. The van der Waals surface area contributed by atoms with E-state index < -0.39 is 0 Å². The van der Waals surface area contributed by atoms with Crippen LogP contribution in [0.2, 0.25) is 0 Å². The van der Waals surface area contributed by atoms with Crippen molar-refractivity contribution in [3.05, 3.63) is 5.82 Å². The lowest BCUT2D eigenvalue weighted by Gasteiger charge is -2.36. The van der Waals surface area contributed by atoms with Crippen molar-refractivity contribution in [3.8, 4) is 0 Å². The van der Waals surface area contributed by atoms with E-state index in [9.17, 15) is 0 Å². The van der Waals surface area contributed by atoms with Gasteiger partial charge in [-0.2, -0.15) is 4.98 Å². The summed E-state index contributed by atoms with van der Waals surface area (Å²) >= 11 is 0. The Morgan fingerprint density at radius 3 is 3.17 bits per heavy atom. The first kappa shape index (κ1) is 12.0. The molecule has 3 rings (SSSR count). The zero-order valence-corrected chi connectivity index (χ0v) is 11.3. The van der Waals surface area contributed by atoms with Crippen molar-refractivity contribution in [1.29, 1.82) is 0 Å². The first-order chi connectivity index (χ1) is 8.79. The lowest BCUT2D eigenvalue weighted by molar-refractivity contribution is 0.381. The van der Waals surface area contributed by atoms with Crippen molar-refractivity contribution in [3.63, 3.8) is 0 Å². The summed E-state index contributed by atoms with van der Waals surface area (Å²) < 4.78 is 0. The predicted molar refractivity (Wildman–Crippen MR) is 71.8 cm³/mol. The molecule has 2 fully saturated rings. The van der Waals surface area contributed by atoms with E-state index in [1.807, 2.05) is 0 Å². The van der Waals surface area contributed by atoms with Crippen molar-refractivity contribution in [2.75, 3.05) is 24.5 Å². The smallest absolute Gasteiger partial charge is 0.245 e. The van der Waals surface area contributed by atoms with Gasteiger partial charge in [-0.3, -0.25) is 5.10 Å². The van der Waals surface area contributed by atoms with Gasteiger partial charge in [0.1, 0.15) is 5.82 Å². The summed E-state index contributed by atoms with van der Waals surface area (Å²) in [5.74, 6) is 3.18. The van der Waals surface area contributed by atoms with Crippen LogP contribution in [-0.2, 0) is 0 Å². The molecule has 0 spiro atoms. The molecule has 2 aliphatic heterocycles. The summed E-state index contributed by atoms with van der Waals surface area (Å²) in [5, 5.41) is 11.0. The van der Waals surface area contributed by atoms with Gasteiger partial charge in [0, 0.05) is 31.6 Å². The Kier molecular flexibility index (Phi) is 3.24. The van der Waals surface area contributed by atoms with Crippen LogP contribution in [-0.4, -0.2) is 40.9 Å². The van der Waals surface area contributed by atoms with Gasteiger partial charge in [0.25, 0.3) is 0 Å². The van der Waals surface area contributed by atoms with Crippen LogP contribution < -0.4 is 10.2 Å². The molecule has 0 aliphatic carbocycles. The molecule has 0 bridgehead atoms. The Balaban J connectivity index is 1.79. The van der Waals surface area contributed by atoms with Gasteiger partial charge < -0.3 is 10.2 Å². The first-order valence-corrected chi connectivity index (χ1v) is 7.19. The van der Waals surface area contributed by atoms with Gasteiger partial charge in [-0.05, 0) is 25.2 Å². The fourth-order valence-corrected chi connectivity index (χ4v) is 3.12. The Hall–Kier alpha value is -1.10. The first-order valence-electron chi connectivity index (χ1n) is 7.19. The van der Waals surface area contributed by atoms with Gasteiger partial charge in [0.15, 0.2) is 0 Å². The average molecular weight is 249 g/mol. The number of piperidine rings is 1. The average Bonchev–Trinajstić information content (AvgIpc) is 3.05. The number of fused-ring (bicyclic) bond motifs is 1. The summed E-state index contributed by atoms with van der Waals surface area (Å²) in [6, 6.07) is 0.597. The molecular formula is C13H23N5. The zero-order chi connectivity index (χ0) is 12.5. The highest BCUT2D eigenvalue weighted by molar-refractivity contribution is 5.33. The number of nitrogens with one attached hydrogen (secondary N) is 2. The lowest BCUT2D eigenvalue weighted by Crippen LogP contribution is -2.45. The fourth-order valence-electron chi connectivity index (χ4n) is 3.12. The largest absolute Gasteiger partial charge is 0.335 e. The van der Waals surface area contributed by atoms with Crippen LogP contribution in [0.5, 0.6) is 0 Å². The van der Waals surface area contributed by atoms with Crippen molar-refractivity contribution in [1.82, 2.24) is 20.5 Å². The fraction of sp³-hybridized carbons (Fsp3) is 0.846. The van der Waals surface area contributed by atoms with E-state index in [1.54, 1.807) is 0 Å². The summed E-state index contributed by atoms with van der Waals surface area (Å²) in [6.07, 6.45) is 3.70. The minimum absolute atomic E-state index is 0.466. The second-order valence-corrected chi connectivity index (χ2v) is 5.65. The van der Waals surface area contributed by atoms with Gasteiger partial charge in [-0.25, -0.2) is 0 Å². The third-order valence-corrected chi connectivity index (χ3v) is 4.51. The van der Waals surface area contributed by atoms with Crippen LogP contribution in [0.1, 0.15) is 44.9 Å². The van der Waals surface area contributed by atoms with Crippen molar-refractivity contribution < 1.29 is 0 Å². The van der Waals surface area contributed by atoms with Crippen LogP contribution >= 0.6 is 0 Å². The second-order valence-electron chi connectivity index (χ2n) is 5.65. The summed E-state index contributed by atoms with van der Waals surface area (Å²) in [5.41, 5.74) is 0. The molecule has 1 aromatic rings. The molecule has 2 N–H and O–H groups in total. The standard InChI is InChI=1S/C13H23N5/c1-3-9(2)12-15-13(17-16-12)18-6-4-5-10-7-14-8-11(10)18/h9-11,14H,3-8H2,1-2H3,(H,15,16,17).